The average Bonchev–Trinajstić information content (AvgIpc) is 2.65. The van der Waals surface area contributed by atoms with Crippen molar-refractivity contribution in [2.45, 2.75) is 83.5 Å². The van der Waals surface area contributed by atoms with Crippen LogP contribution in [-0.4, -0.2) is 43.7 Å². The lowest BCUT2D eigenvalue weighted by atomic mass is 9.79. The Morgan fingerprint density at radius 2 is 1.79 bits per heavy atom. The molecule has 156 valence electrons. The Morgan fingerprint density at radius 1 is 1.14 bits per heavy atom. The summed E-state index contributed by atoms with van der Waals surface area (Å²) in [5.74, 6) is -0.592. The van der Waals surface area contributed by atoms with Crippen molar-refractivity contribution in [1.29, 1.82) is 0 Å². The Kier molecular flexibility index (Phi) is 5.47. The fourth-order valence-electron chi connectivity index (χ4n) is 5.78. The molecule has 2 bridgehead atoms. The molecule has 4 rings (SSSR count). The monoisotopic (exact) mass is 397 g/mol. The summed E-state index contributed by atoms with van der Waals surface area (Å²) in [6, 6.07) is 8.86. The van der Waals surface area contributed by atoms with E-state index in [4.69, 9.17) is 0 Å². The van der Waals surface area contributed by atoms with E-state index in [1.165, 1.54) is 12.8 Å². The van der Waals surface area contributed by atoms with E-state index >= 15 is 0 Å². The van der Waals surface area contributed by atoms with Gasteiger partial charge in [0, 0.05) is 24.2 Å². The van der Waals surface area contributed by atoms with Gasteiger partial charge in [0.1, 0.15) is 0 Å². The van der Waals surface area contributed by atoms with Crippen LogP contribution in [0.25, 0.3) is 11.0 Å². The van der Waals surface area contributed by atoms with Crippen molar-refractivity contribution >= 4 is 17.0 Å². The zero-order valence-corrected chi connectivity index (χ0v) is 17.5. The van der Waals surface area contributed by atoms with Gasteiger partial charge in [-0.3, -0.25) is 9.69 Å². The number of para-hydroxylation sites is 2. The number of benzene rings is 1. The fourth-order valence-corrected chi connectivity index (χ4v) is 5.78. The third kappa shape index (κ3) is 3.70. The lowest BCUT2D eigenvalue weighted by Crippen LogP contribution is -2.56. The smallest absolute Gasteiger partial charge is 0.360 e. The Balaban J connectivity index is 1.74. The number of hydrogen-bond acceptors (Lipinski definition) is 4. The van der Waals surface area contributed by atoms with Gasteiger partial charge >= 0.3 is 5.97 Å². The molecular formula is C23H31N3O3. The molecule has 6 heteroatoms. The van der Waals surface area contributed by atoms with Crippen LogP contribution in [0.2, 0.25) is 0 Å². The van der Waals surface area contributed by atoms with Crippen LogP contribution >= 0.6 is 0 Å². The highest BCUT2D eigenvalue weighted by atomic mass is 16.4. The Hall–Kier alpha value is -2.21. The second-order valence-corrected chi connectivity index (χ2v) is 9.22. The summed E-state index contributed by atoms with van der Waals surface area (Å²) >= 11 is 0. The van der Waals surface area contributed by atoms with Crippen LogP contribution in [0.15, 0.2) is 29.1 Å². The molecule has 1 aromatic heterocycles. The lowest BCUT2D eigenvalue weighted by molar-refractivity contribution is -0.0173. The van der Waals surface area contributed by atoms with Crippen molar-refractivity contribution in [3.8, 4) is 0 Å². The Morgan fingerprint density at radius 3 is 2.41 bits per heavy atom. The van der Waals surface area contributed by atoms with E-state index in [0.29, 0.717) is 29.6 Å². The lowest BCUT2D eigenvalue weighted by Gasteiger charge is -2.52. The minimum Gasteiger partial charge on any atom is -0.476 e. The summed E-state index contributed by atoms with van der Waals surface area (Å²) in [5, 5.41) is 9.52. The molecular weight excluding hydrogens is 366 g/mol. The first-order valence-electron chi connectivity index (χ1n) is 10.9. The SMILES string of the molecule is CC(C)CC(C)N1[C@@H]2CCC[C@H]1CC(n1c(=O)c(C(=O)O)nc3ccccc31)C2. The van der Waals surface area contributed by atoms with E-state index in [1.54, 1.807) is 10.6 Å². The molecule has 2 unspecified atom stereocenters. The molecule has 1 aromatic carbocycles. The van der Waals surface area contributed by atoms with Crippen molar-refractivity contribution in [3.63, 3.8) is 0 Å². The molecule has 2 aliphatic heterocycles. The normalized spacial score (nSPS) is 26.0. The van der Waals surface area contributed by atoms with Crippen LogP contribution in [0.1, 0.15) is 75.8 Å². The number of nitrogens with zero attached hydrogens (tertiary/aromatic N) is 3. The maximum atomic E-state index is 13.1. The van der Waals surface area contributed by atoms with Gasteiger partial charge in [0.15, 0.2) is 0 Å². The van der Waals surface area contributed by atoms with Crippen molar-refractivity contribution in [1.82, 2.24) is 14.5 Å². The molecule has 2 aromatic rings. The van der Waals surface area contributed by atoms with Crippen LogP contribution in [0.3, 0.4) is 0 Å². The standard InChI is InChI=1S/C23H31N3O3/c1-14(2)11-15(3)25-16-7-6-8-17(25)13-18(12-16)26-20-10-5-4-9-19(20)24-21(22(26)27)23(28)29/h4-5,9-10,14-18H,6-8,11-13H2,1-3H3,(H,28,29)/t15?,16-,17+,18?. The third-order valence-electron chi connectivity index (χ3n) is 6.69. The first kappa shape index (κ1) is 20.1. The zero-order valence-electron chi connectivity index (χ0n) is 17.5. The predicted octanol–water partition coefficient (Wildman–Crippen LogP) is 4.09. The number of carboxylic acid groups (broad SMARTS) is 1. The zero-order chi connectivity index (χ0) is 20.7. The van der Waals surface area contributed by atoms with Gasteiger partial charge in [-0.1, -0.05) is 32.4 Å². The van der Waals surface area contributed by atoms with Gasteiger partial charge in [-0.15, -0.1) is 0 Å². The van der Waals surface area contributed by atoms with Crippen molar-refractivity contribution in [3.05, 3.63) is 40.3 Å². The third-order valence-corrected chi connectivity index (χ3v) is 6.69. The van der Waals surface area contributed by atoms with Crippen molar-refractivity contribution < 1.29 is 9.90 Å². The highest BCUT2D eigenvalue weighted by molar-refractivity contribution is 5.88. The number of piperidine rings is 2. The van der Waals surface area contributed by atoms with Gasteiger partial charge < -0.3 is 9.67 Å². The van der Waals surface area contributed by atoms with E-state index in [0.717, 1.165) is 31.2 Å². The van der Waals surface area contributed by atoms with Crippen LogP contribution in [0.5, 0.6) is 0 Å². The van der Waals surface area contributed by atoms with E-state index < -0.39 is 11.5 Å². The Labute approximate surface area is 171 Å². The summed E-state index contributed by atoms with van der Waals surface area (Å²) in [6.45, 7) is 6.88. The van der Waals surface area contributed by atoms with Crippen LogP contribution in [0, 0.1) is 5.92 Å². The van der Waals surface area contributed by atoms with E-state index in [9.17, 15) is 14.7 Å². The van der Waals surface area contributed by atoms with Gasteiger partial charge in [0.25, 0.3) is 5.56 Å². The van der Waals surface area contributed by atoms with Gasteiger partial charge in [0.2, 0.25) is 5.69 Å². The second-order valence-electron chi connectivity index (χ2n) is 9.22. The summed E-state index contributed by atoms with van der Waals surface area (Å²) in [4.78, 5) is 31.6. The summed E-state index contributed by atoms with van der Waals surface area (Å²) < 4.78 is 1.74. The van der Waals surface area contributed by atoms with Crippen LogP contribution < -0.4 is 5.56 Å². The molecule has 0 saturated carbocycles. The average molecular weight is 398 g/mol. The topological polar surface area (TPSA) is 75.4 Å². The molecule has 0 spiro atoms. The maximum absolute atomic E-state index is 13.1. The number of aromatic nitrogens is 2. The molecule has 0 aliphatic carbocycles. The van der Waals surface area contributed by atoms with Crippen molar-refractivity contribution in [2.24, 2.45) is 5.92 Å². The summed E-state index contributed by atoms with van der Waals surface area (Å²) in [5.41, 5.74) is 0.479. The van der Waals surface area contributed by atoms with Gasteiger partial charge in [-0.05, 0) is 57.1 Å². The molecule has 2 saturated heterocycles. The maximum Gasteiger partial charge on any atom is 0.360 e. The van der Waals surface area contributed by atoms with E-state index in [1.807, 2.05) is 18.2 Å². The molecule has 6 nitrogen and oxygen atoms in total. The quantitative estimate of drug-likeness (QED) is 0.822. The number of fused-ring (bicyclic) bond motifs is 3. The number of carbonyl (C=O) groups is 1. The molecule has 2 aliphatic rings. The van der Waals surface area contributed by atoms with Crippen molar-refractivity contribution in [2.75, 3.05) is 0 Å². The largest absolute Gasteiger partial charge is 0.476 e. The first-order chi connectivity index (χ1) is 13.9. The minimum atomic E-state index is -1.25. The van der Waals surface area contributed by atoms with E-state index in [-0.39, 0.29) is 11.7 Å². The summed E-state index contributed by atoms with van der Waals surface area (Å²) in [7, 11) is 0. The highest BCUT2D eigenvalue weighted by Gasteiger charge is 2.41. The first-order valence-corrected chi connectivity index (χ1v) is 10.9. The number of carboxylic acids is 1. The van der Waals surface area contributed by atoms with Gasteiger partial charge in [0.05, 0.1) is 11.0 Å². The number of hydrogen-bond donors (Lipinski definition) is 1. The number of aromatic carboxylic acids is 1. The molecule has 29 heavy (non-hydrogen) atoms. The molecule has 2 fully saturated rings. The molecule has 0 amide bonds. The van der Waals surface area contributed by atoms with Gasteiger partial charge in [-0.25, -0.2) is 9.78 Å². The van der Waals surface area contributed by atoms with E-state index in [2.05, 4.69) is 30.7 Å². The molecule has 3 heterocycles. The van der Waals surface area contributed by atoms with Crippen LogP contribution in [-0.2, 0) is 0 Å². The highest BCUT2D eigenvalue weighted by Crippen LogP contribution is 2.41. The molecule has 0 radical (unpaired) electrons. The molecule has 4 atom stereocenters. The van der Waals surface area contributed by atoms with Crippen LogP contribution in [0.4, 0.5) is 0 Å². The Bertz CT molecular complexity index is 953. The second kappa shape index (κ2) is 7.90. The van der Waals surface area contributed by atoms with Gasteiger partial charge in [-0.2, -0.15) is 0 Å². The fraction of sp³-hybridized carbons (Fsp3) is 0.609. The molecule has 1 N–H and O–H groups in total. The predicted molar refractivity (Wildman–Crippen MR) is 113 cm³/mol. The number of rotatable bonds is 5. The summed E-state index contributed by atoms with van der Waals surface area (Å²) in [6.07, 6.45) is 6.51. The minimum absolute atomic E-state index is 0.0197.